The van der Waals surface area contributed by atoms with E-state index in [-0.39, 0.29) is 5.38 Å². The zero-order valence-electron chi connectivity index (χ0n) is 11.3. The van der Waals surface area contributed by atoms with Crippen LogP contribution in [0.3, 0.4) is 0 Å². The van der Waals surface area contributed by atoms with Gasteiger partial charge in [-0.1, -0.05) is 31.9 Å². The molecule has 0 bridgehead atoms. The van der Waals surface area contributed by atoms with Crippen molar-refractivity contribution in [3.05, 3.63) is 54.0 Å². The molecule has 0 aliphatic heterocycles. The monoisotopic (exact) mass is 544 g/mol. The Morgan fingerprint density at radius 3 is 2.14 bits per heavy atom. The zero-order chi connectivity index (χ0) is 15.6. The Hall–Kier alpha value is 0.0200. The fourth-order valence-corrected chi connectivity index (χ4v) is 4.11. The van der Waals surface area contributed by atoms with Gasteiger partial charge < -0.3 is 9.47 Å². The van der Waals surface area contributed by atoms with Crippen LogP contribution in [0.5, 0.6) is 11.5 Å². The van der Waals surface area contributed by atoms with E-state index in [4.69, 9.17) is 21.1 Å². The second kappa shape index (κ2) is 7.53. The molecule has 0 aliphatic carbocycles. The molecule has 112 valence electrons. The molecule has 0 radical (unpaired) electrons. The van der Waals surface area contributed by atoms with Crippen LogP contribution < -0.4 is 9.47 Å². The molecule has 6 heteroatoms. The third-order valence-corrected chi connectivity index (χ3v) is 5.56. The van der Waals surface area contributed by atoms with E-state index in [1.165, 1.54) is 0 Å². The molecule has 0 saturated carbocycles. The number of halogens is 4. The summed E-state index contributed by atoms with van der Waals surface area (Å²) in [6.07, 6.45) is 0. The molecule has 0 amide bonds. The van der Waals surface area contributed by atoms with Gasteiger partial charge in [0.15, 0.2) is 11.5 Å². The van der Waals surface area contributed by atoms with E-state index in [9.17, 15) is 0 Å². The third-order valence-electron chi connectivity index (χ3n) is 3.01. The first kappa shape index (κ1) is 17.4. The Kier molecular flexibility index (Phi) is 6.23. The molecular formula is C15H12Br2ClIO2. The predicted molar refractivity (Wildman–Crippen MR) is 102 cm³/mol. The molecule has 2 nitrogen and oxygen atoms in total. The van der Waals surface area contributed by atoms with E-state index in [0.717, 1.165) is 23.6 Å². The van der Waals surface area contributed by atoms with Crippen LogP contribution in [0, 0.1) is 3.57 Å². The summed E-state index contributed by atoms with van der Waals surface area (Å²) in [5.74, 6) is 1.32. The first-order chi connectivity index (χ1) is 9.97. The average Bonchev–Trinajstić information content (AvgIpc) is 2.48. The second-order valence-corrected chi connectivity index (χ2v) is 7.65. The maximum atomic E-state index is 6.68. The van der Waals surface area contributed by atoms with E-state index in [0.29, 0.717) is 11.5 Å². The lowest BCUT2D eigenvalue weighted by molar-refractivity contribution is 0.354. The van der Waals surface area contributed by atoms with E-state index in [1.54, 1.807) is 14.2 Å². The standard InChI is InChI=1S/C15H12Br2ClIO2/c1-20-13-6-10(12(17)7-14(13)21-2)15(18)9-5-8(19)3-4-11(9)16/h3-7,15H,1-2H3. The van der Waals surface area contributed by atoms with Crippen molar-refractivity contribution in [2.45, 2.75) is 5.38 Å². The van der Waals surface area contributed by atoms with Gasteiger partial charge in [0.2, 0.25) is 0 Å². The molecule has 0 spiro atoms. The normalized spacial score (nSPS) is 12.1. The van der Waals surface area contributed by atoms with Gasteiger partial charge in [0.25, 0.3) is 0 Å². The highest BCUT2D eigenvalue weighted by Crippen LogP contribution is 2.42. The molecule has 0 aliphatic rings. The van der Waals surface area contributed by atoms with Gasteiger partial charge in [0.05, 0.1) is 19.6 Å². The summed E-state index contributed by atoms with van der Waals surface area (Å²) in [6, 6.07) is 9.85. The van der Waals surface area contributed by atoms with Crippen LogP contribution in [0.1, 0.15) is 16.5 Å². The summed E-state index contributed by atoms with van der Waals surface area (Å²) in [6.45, 7) is 0. The predicted octanol–water partition coefficient (Wildman–Crippen LogP) is 6.16. The van der Waals surface area contributed by atoms with Crippen molar-refractivity contribution in [2.75, 3.05) is 14.2 Å². The quantitative estimate of drug-likeness (QED) is 0.338. The maximum Gasteiger partial charge on any atom is 0.161 e. The third kappa shape index (κ3) is 3.86. The Morgan fingerprint density at radius 2 is 1.52 bits per heavy atom. The molecule has 0 saturated heterocycles. The van der Waals surface area contributed by atoms with Crippen LogP contribution in [0.15, 0.2) is 39.3 Å². The van der Waals surface area contributed by atoms with Crippen LogP contribution in [0.4, 0.5) is 0 Å². The highest BCUT2D eigenvalue weighted by Gasteiger charge is 2.20. The lowest BCUT2D eigenvalue weighted by atomic mass is 10.0. The van der Waals surface area contributed by atoms with Crippen molar-refractivity contribution in [3.63, 3.8) is 0 Å². The van der Waals surface area contributed by atoms with Gasteiger partial charge in [-0.25, -0.2) is 0 Å². The number of rotatable bonds is 4. The number of benzene rings is 2. The lowest BCUT2D eigenvalue weighted by Crippen LogP contribution is -1.99. The van der Waals surface area contributed by atoms with Crippen molar-refractivity contribution >= 4 is 66.1 Å². The second-order valence-electron chi connectivity index (χ2n) is 4.26. The molecule has 2 aromatic rings. The van der Waals surface area contributed by atoms with E-state index in [2.05, 4.69) is 60.5 Å². The highest BCUT2D eigenvalue weighted by molar-refractivity contribution is 14.1. The highest BCUT2D eigenvalue weighted by atomic mass is 127. The van der Waals surface area contributed by atoms with Gasteiger partial charge in [-0.15, -0.1) is 11.6 Å². The molecule has 2 rings (SSSR count). The number of hydrogen-bond acceptors (Lipinski definition) is 2. The molecule has 2 aromatic carbocycles. The Morgan fingerprint density at radius 1 is 0.952 bits per heavy atom. The van der Waals surface area contributed by atoms with Crippen LogP contribution in [-0.4, -0.2) is 14.2 Å². The van der Waals surface area contributed by atoms with E-state index in [1.807, 2.05) is 24.3 Å². The van der Waals surface area contributed by atoms with E-state index >= 15 is 0 Å². The first-order valence-electron chi connectivity index (χ1n) is 5.98. The minimum Gasteiger partial charge on any atom is -0.493 e. The summed E-state index contributed by atoms with van der Waals surface area (Å²) in [5.41, 5.74) is 1.94. The summed E-state index contributed by atoms with van der Waals surface area (Å²) in [4.78, 5) is 0. The number of hydrogen-bond donors (Lipinski definition) is 0. The molecule has 0 aromatic heterocycles. The van der Waals surface area contributed by atoms with Gasteiger partial charge in [-0.05, 0) is 64.0 Å². The average molecular weight is 546 g/mol. The van der Waals surface area contributed by atoms with Crippen LogP contribution >= 0.6 is 66.1 Å². The molecule has 1 unspecified atom stereocenters. The van der Waals surface area contributed by atoms with Crippen molar-refractivity contribution in [1.29, 1.82) is 0 Å². The zero-order valence-corrected chi connectivity index (χ0v) is 17.4. The Balaban J connectivity index is 2.52. The summed E-state index contributed by atoms with van der Waals surface area (Å²) in [7, 11) is 3.22. The van der Waals surface area contributed by atoms with Crippen molar-refractivity contribution in [3.8, 4) is 11.5 Å². The fraction of sp³-hybridized carbons (Fsp3) is 0.200. The minimum absolute atomic E-state index is 0.303. The Bertz CT molecular complexity index is 664. The molecule has 0 N–H and O–H groups in total. The van der Waals surface area contributed by atoms with Gasteiger partial charge >= 0.3 is 0 Å². The topological polar surface area (TPSA) is 18.5 Å². The smallest absolute Gasteiger partial charge is 0.161 e. The van der Waals surface area contributed by atoms with Gasteiger partial charge in [0, 0.05) is 12.5 Å². The van der Waals surface area contributed by atoms with Crippen LogP contribution in [0.25, 0.3) is 0 Å². The summed E-state index contributed by atoms with van der Waals surface area (Å²) < 4.78 is 13.6. The van der Waals surface area contributed by atoms with Crippen molar-refractivity contribution in [2.24, 2.45) is 0 Å². The lowest BCUT2D eigenvalue weighted by Gasteiger charge is -2.17. The fourth-order valence-electron chi connectivity index (χ4n) is 1.94. The number of ether oxygens (including phenoxy) is 2. The molecule has 1 atom stereocenters. The van der Waals surface area contributed by atoms with Gasteiger partial charge in [-0.2, -0.15) is 0 Å². The van der Waals surface area contributed by atoms with Crippen molar-refractivity contribution < 1.29 is 9.47 Å². The molecule has 21 heavy (non-hydrogen) atoms. The molecule has 0 heterocycles. The Labute approximate surface area is 159 Å². The maximum absolute atomic E-state index is 6.68. The van der Waals surface area contributed by atoms with Gasteiger partial charge in [0.1, 0.15) is 0 Å². The summed E-state index contributed by atoms with van der Waals surface area (Å²) >= 11 is 16.1. The first-order valence-corrected chi connectivity index (χ1v) is 9.08. The number of methoxy groups -OCH3 is 2. The van der Waals surface area contributed by atoms with Crippen molar-refractivity contribution in [1.82, 2.24) is 0 Å². The van der Waals surface area contributed by atoms with Gasteiger partial charge in [-0.3, -0.25) is 0 Å². The summed E-state index contributed by atoms with van der Waals surface area (Å²) in [5, 5.41) is -0.303. The minimum atomic E-state index is -0.303. The molecular weight excluding hydrogens is 534 g/mol. The van der Waals surface area contributed by atoms with Crippen LogP contribution in [0.2, 0.25) is 0 Å². The SMILES string of the molecule is COc1cc(Br)c(C(Cl)c2cc(I)ccc2Br)cc1OC. The largest absolute Gasteiger partial charge is 0.493 e. The van der Waals surface area contributed by atoms with Crippen LogP contribution in [-0.2, 0) is 0 Å². The van der Waals surface area contributed by atoms with E-state index < -0.39 is 0 Å². The number of alkyl halides is 1. The molecule has 0 fully saturated rings.